The molecule has 2 aromatic rings. The number of rotatable bonds is 4. The highest BCUT2D eigenvalue weighted by Crippen LogP contribution is 2.21. The fourth-order valence-electron chi connectivity index (χ4n) is 1.89. The molecule has 0 radical (unpaired) electrons. The van der Waals surface area contributed by atoms with E-state index in [1.54, 1.807) is 23.4 Å². The fraction of sp³-hybridized carbons (Fsp3) is 0.200. The molecule has 0 saturated heterocycles. The summed E-state index contributed by atoms with van der Waals surface area (Å²) in [6.07, 6.45) is 3.47. The van der Waals surface area contributed by atoms with Crippen LogP contribution >= 0.6 is 28.6 Å². The highest BCUT2D eigenvalue weighted by atomic mass is 79.9. The molecule has 1 aromatic carbocycles. The zero-order chi connectivity index (χ0) is 14.5. The van der Waals surface area contributed by atoms with Crippen molar-refractivity contribution >= 4 is 34.5 Å². The van der Waals surface area contributed by atoms with Crippen LogP contribution in [0.3, 0.4) is 0 Å². The molecular formula is C15H15BrN2OS. The van der Waals surface area contributed by atoms with Crippen LogP contribution in [0.15, 0.2) is 52.1 Å². The Morgan fingerprint density at radius 1 is 1.30 bits per heavy atom. The van der Waals surface area contributed by atoms with Gasteiger partial charge in [0, 0.05) is 34.9 Å². The van der Waals surface area contributed by atoms with Gasteiger partial charge in [0.05, 0.1) is 5.56 Å². The van der Waals surface area contributed by atoms with Crippen LogP contribution in [0.1, 0.15) is 22.8 Å². The predicted octanol–water partition coefficient (Wildman–Crippen LogP) is 3.80. The number of benzene rings is 1. The van der Waals surface area contributed by atoms with E-state index in [9.17, 15) is 4.79 Å². The van der Waals surface area contributed by atoms with Crippen molar-refractivity contribution < 1.29 is 4.79 Å². The van der Waals surface area contributed by atoms with E-state index in [2.05, 4.69) is 33.5 Å². The van der Waals surface area contributed by atoms with Crippen LogP contribution in [-0.4, -0.2) is 22.3 Å². The predicted molar refractivity (Wildman–Crippen MR) is 86.0 cm³/mol. The van der Waals surface area contributed by atoms with Crippen LogP contribution in [0.2, 0.25) is 0 Å². The second-order valence-electron chi connectivity index (χ2n) is 4.34. The van der Waals surface area contributed by atoms with Gasteiger partial charge >= 0.3 is 0 Å². The lowest BCUT2D eigenvalue weighted by molar-refractivity contribution is 0.0749. The van der Waals surface area contributed by atoms with Gasteiger partial charge in [-0.2, -0.15) is 0 Å². The summed E-state index contributed by atoms with van der Waals surface area (Å²) in [5, 5.41) is 0. The molecule has 5 heteroatoms. The van der Waals surface area contributed by atoms with Gasteiger partial charge in [-0.3, -0.25) is 9.78 Å². The van der Waals surface area contributed by atoms with Gasteiger partial charge in [-0.05, 0) is 42.8 Å². The van der Waals surface area contributed by atoms with Crippen LogP contribution < -0.4 is 0 Å². The fourth-order valence-corrected chi connectivity index (χ4v) is 2.74. The SMILES string of the molecule is CCN(Cc1ccncc1)C(=O)c1ccc(Br)cc1S. The van der Waals surface area contributed by atoms with Crippen molar-refractivity contribution in [1.29, 1.82) is 0 Å². The summed E-state index contributed by atoms with van der Waals surface area (Å²) in [5.41, 5.74) is 1.68. The average Bonchev–Trinajstić information content (AvgIpc) is 2.45. The lowest BCUT2D eigenvalue weighted by atomic mass is 10.1. The molecule has 1 heterocycles. The van der Waals surface area contributed by atoms with Crippen LogP contribution in [0.4, 0.5) is 0 Å². The Morgan fingerprint density at radius 2 is 2.00 bits per heavy atom. The van der Waals surface area contributed by atoms with E-state index < -0.39 is 0 Å². The molecule has 0 bridgehead atoms. The van der Waals surface area contributed by atoms with Crippen molar-refractivity contribution in [2.45, 2.75) is 18.4 Å². The Labute approximate surface area is 132 Å². The maximum atomic E-state index is 12.6. The number of hydrogen-bond acceptors (Lipinski definition) is 3. The largest absolute Gasteiger partial charge is 0.335 e. The topological polar surface area (TPSA) is 33.2 Å². The van der Waals surface area contributed by atoms with Gasteiger partial charge in [0.25, 0.3) is 5.91 Å². The summed E-state index contributed by atoms with van der Waals surface area (Å²) >= 11 is 7.75. The maximum Gasteiger partial charge on any atom is 0.255 e. The molecular weight excluding hydrogens is 336 g/mol. The number of carbonyl (C=O) groups excluding carboxylic acids is 1. The Kier molecular flexibility index (Phi) is 5.20. The third kappa shape index (κ3) is 3.61. The van der Waals surface area contributed by atoms with E-state index in [0.717, 1.165) is 10.0 Å². The molecule has 104 valence electrons. The number of nitrogens with zero attached hydrogens (tertiary/aromatic N) is 2. The standard InChI is InChI=1S/C15H15BrN2OS/c1-2-18(10-11-5-7-17-8-6-11)15(19)13-4-3-12(16)9-14(13)20/h3-9,20H,2,10H2,1H3. The van der Waals surface area contributed by atoms with Crippen LogP contribution in [0.25, 0.3) is 0 Å². The summed E-state index contributed by atoms with van der Waals surface area (Å²) in [5.74, 6) is -0.0122. The highest BCUT2D eigenvalue weighted by Gasteiger charge is 2.17. The normalized spacial score (nSPS) is 10.3. The number of pyridine rings is 1. The van der Waals surface area contributed by atoms with Crippen molar-refractivity contribution in [2.24, 2.45) is 0 Å². The third-order valence-electron chi connectivity index (χ3n) is 2.98. The van der Waals surface area contributed by atoms with Crippen molar-refractivity contribution in [3.8, 4) is 0 Å². The maximum absolute atomic E-state index is 12.6. The number of carbonyl (C=O) groups is 1. The molecule has 0 unspecified atom stereocenters. The minimum absolute atomic E-state index is 0.0122. The van der Waals surface area contributed by atoms with Gasteiger partial charge in [0.2, 0.25) is 0 Å². The first kappa shape index (κ1) is 15.1. The summed E-state index contributed by atoms with van der Waals surface area (Å²) in [7, 11) is 0. The first-order chi connectivity index (χ1) is 9.61. The molecule has 0 aliphatic rings. The quantitative estimate of drug-likeness (QED) is 0.850. The van der Waals surface area contributed by atoms with E-state index >= 15 is 0 Å². The molecule has 0 fully saturated rings. The summed E-state index contributed by atoms with van der Waals surface area (Å²) in [6, 6.07) is 9.31. The average molecular weight is 351 g/mol. The smallest absolute Gasteiger partial charge is 0.255 e. The van der Waals surface area contributed by atoms with Crippen molar-refractivity contribution in [3.63, 3.8) is 0 Å². The van der Waals surface area contributed by atoms with Gasteiger partial charge in [0.1, 0.15) is 0 Å². The zero-order valence-electron chi connectivity index (χ0n) is 11.1. The van der Waals surface area contributed by atoms with Crippen molar-refractivity contribution in [1.82, 2.24) is 9.88 Å². The molecule has 1 amide bonds. The van der Waals surface area contributed by atoms with Crippen molar-refractivity contribution in [3.05, 3.63) is 58.3 Å². The monoisotopic (exact) mass is 350 g/mol. The van der Waals surface area contributed by atoms with Gasteiger partial charge in [-0.25, -0.2) is 0 Å². The first-order valence-corrected chi connectivity index (χ1v) is 7.52. The summed E-state index contributed by atoms with van der Waals surface area (Å²) < 4.78 is 0.913. The van der Waals surface area contributed by atoms with Crippen LogP contribution in [0.5, 0.6) is 0 Å². The summed E-state index contributed by atoms with van der Waals surface area (Å²) in [4.78, 5) is 19.0. The van der Waals surface area contributed by atoms with E-state index in [4.69, 9.17) is 0 Å². The molecule has 0 aliphatic heterocycles. The minimum Gasteiger partial charge on any atom is -0.335 e. The molecule has 20 heavy (non-hydrogen) atoms. The molecule has 3 nitrogen and oxygen atoms in total. The lowest BCUT2D eigenvalue weighted by Crippen LogP contribution is -2.30. The van der Waals surface area contributed by atoms with E-state index in [1.165, 1.54) is 0 Å². The van der Waals surface area contributed by atoms with Crippen LogP contribution in [-0.2, 0) is 6.54 Å². The second kappa shape index (κ2) is 6.90. The van der Waals surface area contributed by atoms with E-state index in [-0.39, 0.29) is 5.91 Å². The molecule has 2 rings (SSSR count). The minimum atomic E-state index is -0.0122. The number of thiol groups is 1. The molecule has 0 atom stereocenters. The summed E-state index contributed by atoms with van der Waals surface area (Å²) in [6.45, 7) is 3.18. The van der Waals surface area contributed by atoms with Crippen LogP contribution in [0, 0.1) is 0 Å². The Morgan fingerprint density at radius 3 is 2.60 bits per heavy atom. The van der Waals surface area contributed by atoms with E-state index in [0.29, 0.717) is 23.5 Å². The first-order valence-electron chi connectivity index (χ1n) is 6.28. The number of halogens is 1. The number of amides is 1. The molecule has 1 aromatic heterocycles. The van der Waals surface area contributed by atoms with Gasteiger partial charge < -0.3 is 4.90 Å². The Bertz CT molecular complexity index is 604. The Balaban J connectivity index is 2.21. The van der Waals surface area contributed by atoms with E-state index in [1.807, 2.05) is 31.2 Å². The second-order valence-corrected chi connectivity index (χ2v) is 5.73. The highest BCUT2D eigenvalue weighted by molar-refractivity contribution is 9.10. The zero-order valence-corrected chi connectivity index (χ0v) is 13.6. The molecule has 0 N–H and O–H groups in total. The lowest BCUT2D eigenvalue weighted by Gasteiger charge is -2.21. The molecule has 0 aliphatic carbocycles. The third-order valence-corrected chi connectivity index (χ3v) is 3.85. The van der Waals surface area contributed by atoms with Gasteiger partial charge in [0.15, 0.2) is 0 Å². The Hall–Kier alpha value is -1.33. The molecule has 0 saturated carbocycles. The number of hydrogen-bond donors (Lipinski definition) is 1. The van der Waals surface area contributed by atoms with Gasteiger partial charge in [-0.1, -0.05) is 15.9 Å². The molecule has 0 spiro atoms. The van der Waals surface area contributed by atoms with Gasteiger partial charge in [-0.15, -0.1) is 12.6 Å². The number of aromatic nitrogens is 1. The van der Waals surface area contributed by atoms with Crippen molar-refractivity contribution in [2.75, 3.05) is 6.54 Å².